The average Bonchev–Trinajstić information content (AvgIpc) is 2.70. The number of fused-ring (bicyclic) bond motifs is 2. The van der Waals surface area contributed by atoms with Crippen LogP contribution in [0.25, 0.3) is 21.7 Å². The first kappa shape index (κ1) is 17.9. The summed E-state index contributed by atoms with van der Waals surface area (Å²) in [6.07, 6.45) is 1.46. The molecule has 5 nitrogen and oxygen atoms in total. The lowest BCUT2D eigenvalue weighted by Gasteiger charge is -2.18. The van der Waals surface area contributed by atoms with E-state index in [4.69, 9.17) is 0 Å². The van der Waals surface area contributed by atoms with Gasteiger partial charge in [0.2, 0.25) is 5.91 Å². The largest absolute Gasteiger partial charge is 0.340 e. The number of aryl methyl sites for hydroxylation is 1. The summed E-state index contributed by atoms with van der Waals surface area (Å²) in [7, 11) is 1.75. The second-order valence-corrected chi connectivity index (χ2v) is 7.08. The molecule has 1 amide bonds. The predicted octanol–water partition coefficient (Wildman–Crippen LogP) is 3.52. The van der Waals surface area contributed by atoms with Gasteiger partial charge in [0.05, 0.1) is 17.2 Å². The predicted molar refractivity (Wildman–Crippen MR) is 111 cm³/mol. The van der Waals surface area contributed by atoms with Crippen LogP contribution in [0.1, 0.15) is 11.1 Å². The summed E-state index contributed by atoms with van der Waals surface area (Å²) in [5, 5.41) is 2.85. The Morgan fingerprint density at radius 1 is 1.04 bits per heavy atom. The number of para-hydroxylation sites is 1. The molecule has 0 saturated carbocycles. The van der Waals surface area contributed by atoms with Crippen LogP contribution in [0.5, 0.6) is 0 Å². The van der Waals surface area contributed by atoms with E-state index in [1.807, 2.05) is 37.3 Å². The van der Waals surface area contributed by atoms with Gasteiger partial charge in [0, 0.05) is 13.6 Å². The fraction of sp³-hybridized carbons (Fsp3) is 0.174. The maximum atomic E-state index is 12.7. The Kier molecular flexibility index (Phi) is 4.65. The van der Waals surface area contributed by atoms with Gasteiger partial charge in [-0.3, -0.25) is 14.2 Å². The molecule has 0 unspecified atom stereocenters. The standard InChI is InChI=1S/C23H21N3O2/c1-16-6-5-9-20-22(16)24-15-26(23(20)28)14-21(27)25(2)13-17-10-11-18-7-3-4-8-19(18)12-17/h3-12,15H,13-14H2,1-2H3. The number of hydrogen-bond acceptors (Lipinski definition) is 3. The lowest BCUT2D eigenvalue weighted by molar-refractivity contribution is -0.131. The molecule has 1 heterocycles. The number of likely N-dealkylation sites (N-methyl/N-ethyl adjacent to an activating group) is 1. The van der Waals surface area contributed by atoms with Gasteiger partial charge >= 0.3 is 0 Å². The zero-order chi connectivity index (χ0) is 19.7. The van der Waals surface area contributed by atoms with Crippen molar-refractivity contribution < 1.29 is 4.79 Å². The first-order valence-electron chi connectivity index (χ1n) is 9.19. The zero-order valence-corrected chi connectivity index (χ0v) is 15.9. The molecular weight excluding hydrogens is 350 g/mol. The molecule has 4 aromatic rings. The Labute approximate surface area is 162 Å². The van der Waals surface area contributed by atoms with Crippen molar-refractivity contribution in [3.05, 3.63) is 88.5 Å². The molecule has 28 heavy (non-hydrogen) atoms. The first-order chi connectivity index (χ1) is 13.5. The van der Waals surface area contributed by atoms with Crippen LogP contribution in [0.4, 0.5) is 0 Å². The van der Waals surface area contributed by atoms with Gasteiger partial charge in [0.1, 0.15) is 6.54 Å². The molecule has 1 aromatic heterocycles. The van der Waals surface area contributed by atoms with Crippen LogP contribution >= 0.6 is 0 Å². The minimum absolute atomic E-state index is 0.0280. The van der Waals surface area contributed by atoms with Crippen LogP contribution in [0.3, 0.4) is 0 Å². The van der Waals surface area contributed by atoms with Gasteiger partial charge in [-0.2, -0.15) is 0 Å². The van der Waals surface area contributed by atoms with Gasteiger partial charge in [-0.05, 0) is 41.0 Å². The third-order valence-electron chi connectivity index (χ3n) is 5.02. The van der Waals surface area contributed by atoms with E-state index in [1.165, 1.54) is 16.3 Å². The second-order valence-electron chi connectivity index (χ2n) is 7.08. The van der Waals surface area contributed by atoms with Crippen molar-refractivity contribution in [3.8, 4) is 0 Å². The molecule has 5 heteroatoms. The topological polar surface area (TPSA) is 55.2 Å². The van der Waals surface area contributed by atoms with Gasteiger partial charge in [-0.25, -0.2) is 4.98 Å². The van der Waals surface area contributed by atoms with E-state index in [-0.39, 0.29) is 18.0 Å². The van der Waals surface area contributed by atoms with Crippen molar-refractivity contribution >= 4 is 27.6 Å². The summed E-state index contributed by atoms with van der Waals surface area (Å²) in [5.41, 5.74) is 2.48. The Morgan fingerprint density at radius 3 is 2.64 bits per heavy atom. The van der Waals surface area contributed by atoms with Gasteiger partial charge in [0.15, 0.2) is 0 Å². The summed E-state index contributed by atoms with van der Waals surface area (Å²) in [5.74, 6) is -0.135. The van der Waals surface area contributed by atoms with Crippen molar-refractivity contribution in [1.82, 2.24) is 14.5 Å². The summed E-state index contributed by atoms with van der Waals surface area (Å²) in [6.45, 7) is 2.37. The molecular formula is C23H21N3O2. The molecule has 0 aliphatic heterocycles. The highest BCUT2D eigenvalue weighted by Gasteiger charge is 2.13. The minimum atomic E-state index is -0.193. The number of rotatable bonds is 4. The summed E-state index contributed by atoms with van der Waals surface area (Å²) in [4.78, 5) is 31.4. The lowest BCUT2D eigenvalue weighted by Crippen LogP contribution is -2.33. The third-order valence-corrected chi connectivity index (χ3v) is 5.02. The summed E-state index contributed by atoms with van der Waals surface area (Å²) >= 11 is 0. The lowest BCUT2D eigenvalue weighted by atomic mass is 10.1. The van der Waals surface area contributed by atoms with Gasteiger partial charge < -0.3 is 4.90 Å². The van der Waals surface area contributed by atoms with E-state index in [2.05, 4.69) is 29.2 Å². The Bertz CT molecular complexity index is 1240. The van der Waals surface area contributed by atoms with E-state index < -0.39 is 0 Å². The maximum Gasteiger partial charge on any atom is 0.261 e. The number of carbonyl (C=O) groups excluding carboxylic acids is 1. The monoisotopic (exact) mass is 371 g/mol. The van der Waals surface area contributed by atoms with E-state index in [9.17, 15) is 9.59 Å². The molecule has 0 N–H and O–H groups in total. The molecule has 3 aromatic carbocycles. The fourth-order valence-electron chi connectivity index (χ4n) is 3.42. The van der Waals surface area contributed by atoms with Crippen molar-refractivity contribution in [2.24, 2.45) is 0 Å². The SMILES string of the molecule is Cc1cccc2c(=O)n(CC(=O)N(C)Cc3ccc4ccccc4c3)cnc12. The molecule has 0 bridgehead atoms. The van der Waals surface area contributed by atoms with E-state index in [0.717, 1.165) is 16.5 Å². The number of hydrogen-bond donors (Lipinski definition) is 0. The van der Waals surface area contributed by atoms with Crippen molar-refractivity contribution in [2.75, 3.05) is 7.05 Å². The van der Waals surface area contributed by atoms with Gasteiger partial charge in [-0.1, -0.05) is 48.5 Å². The van der Waals surface area contributed by atoms with Crippen LogP contribution in [-0.2, 0) is 17.9 Å². The number of amides is 1. The summed E-state index contributed by atoms with van der Waals surface area (Å²) in [6, 6.07) is 19.8. The van der Waals surface area contributed by atoms with Crippen LogP contribution in [-0.4, -0.2) is 27.4 Å². The Morgan fingerprint density at radius 2 is 1.82 bits per heavy atom. The molecule has 0 aliphatic carbocycles. The fourth-order valence-corrected chi connectivity index (χ4v) is 3.42. The highest BCUT2D eigenvalue weighted by Crippen LogP contribution is 2.17. The molecule has 0 spiro atoms. The number of nitrogens with zero attached hydrogens (tertiary/aromatic N) is 3. The molecule has 4 rings (SSSR count). The minimum Gasteiger partial charge on any atom is -0.340 e. The third kappa shape index (κ3) is 3.39. The molecule has 0 radical (unpaired) electrons. The number of benzene rings is 3. The maximum absolute atomic E-state index is 12.7. The highest BCUT2D eigenvalue weighted by atomic mass is 16.2. The average molecular weight is 371 g/mol. The van der Waals surface area contributed by atoms with E-state index in [1.54, 1.807) is 18.0 Å². The van der Waals surface area contributed by atoms with Crippen molar-refractivity contribution in [1.29, 1.82) is 0 Å². The van der Waals surface area contributed by atoms with Crippen LogP contribution in [0.2, 0.25) is 0 Å². The van der Waals surface area contributed by atoms with Crippen LogP contribution in [0.15, 0.2) is 71.8 Å². The molecule has 0 atom stereocenters. The summed E-state index contributed by atoms with van der Waals surface area (Å²) < 4.78 is 1.38. The first-order valence-corrected chi connectivity index (χ1v) is 9.19. The molecule has 0 aliphatic rings. The van der Waals surface area contributed by atoms with E-state index in [0.29, 0.717) is 17.4 Å². The zero-order valence-electron chi connectivity index (χ0n) is 15.9. The van der Waals surface area contributed by atoms with Crippen molar-refractivity contribution in [2.45, 2.75) is 20.0 Å². The van der Waals surface area contributed by atoms with Crippen LogP contribution < -0.4 is 5.56 Å². The number of aromatic nitrogens is 2. The highest BCUT2D eigenvalue weighted by molar-refractivity contribution is 5.83. The number of carbonyl (C=O) groups is 1. The Hall–Kier alpha value is -3.47. The van der Waals surface area contributed by atoms with Crippen molar-refractivity contribution in [3.63, 3.8) is 0 Å². The molecule has 0 fully saturated rings. The van der Waals surface area contributed by atoms with Gasteiger partial charge in [-0.15, -0.1) is 0 Å². The van der Waals surface area contributed by atoms with Crippen LogP contribution in [0, 0.1) is 6.92 Å². The smallest absolute Gasteiger partial charge is 0.261 e. The quantitative estimate of drug-likeness (QED) is 0.552. The second kappa shape index (κ2) is 7.27. The Balaban J connectivity index is 1.53. The van der Waals surface area contributed by atoms with Gasteiger partial charge in [0.25, 0.3) is 5.56 Å². The molecule has 140 valence electrons. The normalized spacial score (nSPS) is 11.1. The molecule has 0 saturated heterocycles. The van der Waals surface area contributed by atoms with E-state index >= 15 is 0 Å².